The molecule has 1 aromatic rings. The third-order valence-corrected chi connectivity index (χ3v) is 5.67. The van der Waals surface area contributed by atoms with Crippen molar-refractivity contribution in [2.45, 2.75) is 37.4 Å². The Balaban J connectivity index is 0.00000261. The summed E-state index contributed by atoms with van der Waals surface area (Å²) in [7, 11) is 1.73. The summed E-state index contributed by atoms with van der Waals surface area (Å²) in [4.78, 5) is 7.90. The van der Waals surface area contributed by atoms with Gasteiger partial charge in [-0.1, -0.05) is 30.3 Å². The molecule has 1 saturated carbocycles. The zero-order valence-electron chi connectivity index (χ0n) is 15.8. The highest BCUT2D eigenvalue weighted by Crippen LogP contribution is 2.47. The lowest BCUT2D eigenvalue weighted by Gasteiger charge is -2.40. The van der Waals surface area contributed by atoms with Gasteiger partial charge in [0.2, 0.25) is 0 Å². The molecule has 8 heteroatoms. The van der Waals surface area contributed by atoms with Gasteiger partial charge in [0, 0.05) is 45.2 Å². The Morgan fingerprint density at radius 2 is 1.74 bits per heavy atom. The quantitative estimate of drug-likeness (QED) is 0.394. The minimum Gasteiger partial charge on any atom is -0.355 e. The molecule has 1 saturated heterocycles. The van der Waals surface area contributed by atoms with E-state index in [1.165, 1.54) is 17.4 Å². The summed E-state index contributed by atoms with van der Waals surface area (Å²) in [5.41, 5.74) is 1.51. The van der Waals surface area contributed by atoms with E-state index < -0.39 is 12.2 Å². The predicted octanol–water partition coefficient (Wildman–Crippen LogP) is 3.48. The number of halogens is 4. The number of rotatable bonds is 4. The zero-order valence-corrected chi connectivity index (χ0v) is 18.1. The van der Waals surface area contributed by atoms with Gasteiger partial charge in [0.1, 0.15) is 6.04 Å². The van der Waals surface area contributed by atoms with Crippen molar-refractivity contribution in [2.24, 2.45) is 4.99 Å². The molecule has 2 fully saturated rings. The van der Waals surface area contributed by atoms with E-state index in [2.05, 4.69) is 39.5 Å². The molecule has 27 heavy (non-hydrogen) atoms. The number of alkyl halides is 3. The van der Waals surface area contributed by atoms with E-state index in [-0.39, 0.29) is 29.4 Å². The number of hydrogen-bond acceptors (Lipinski definition) is 2. The Morgan fingerprint density at radius 1 is 1.15 bits per heavy atom. The lowest BCUT2D eigenvalue weighted by molar-refractivity contribution is -0.181. The minimum absolute atomic E-state index is 0. The van der Waals surface area contributed by atoms with Crippen LogP contribution in [0, 0.1) is 0 Å². The highest BCUT2D eigenvalue weighted by molar-refractivity contribution is 14.0. The van der Waals surface area contributed by atoms with E-state index in [4.69, 9.17) is 0 Å². The average molecular weight is 496 g/mol. The molecule has 1 atom stereocenters. The van der Waals surface area contributed by atoms with Gasteiger partial charge in [-0.15, -0.1) is 24.0 Å². The first-order valence-corrected chi connectivity index (χ1v) is 9.18. The van der Waals surface area contributed by atoms with Crippen LogP contribution in [0.4, 0.5) is 13.2 Å². The van der Waals surface area contributed by atoms with Crippen molar-refractivity contribution in [3.8, 4) is 0 Å². The molecule has 2 aliphatic rings. The SMILES string of the molecule is CN=C(NCC1(c2ccccc2)CC1)N1CCN(C(C)C(F)(F)F)CC1.I. The Kier molecular flexibility index (Phi) is 7.40. The molecule has 0 spiro atoms. The van der Waals surface area contributed by atoms with Crippen molar-refractivity contribution in [2.75, 3.05) is 39.8 Å². The van der Waals surface area contributed by atoms with E-state index in [0.717, 1.165) is 25.3 Å². The van der Waals surface area contributed by atoms with E-state index >= 15 is 0 Å². The fourth-order valence-corrected chi connectivity index (χ4v) is 3.62. The van der Waals surface area contributed by atoms with Crippen molar-refractivity contribution < 1.29 is 13.2 Å². The van der Waals surface area contributed by atoms with E-state index in [9.17, 15) is 13.2 Å². The molecule has 1 aliphatic carbocycles. The maximum absolute atomic E-state index is 12.9. The molecule has 0 aromatic heterocycles. The molecule has 152 valence electrons. The van der Waals surface area contributed by atoms with Gasteiger partial charge in [-0.2, -0.15) is 13.2 Å². The summed E-state index contributed by atoms with van der Waals surface area (Å²) in [6.07, 6.45) is -1.87. The van der Waals surface area contributed by atoms with Gasteiger partial charge in [-0.25, -0.2) is 0 Å². The van der Waals surface area contributed by atoms with Gasteiger partial charge >= 0.3 is 6.18 Å². The van der Waals surface area contributed by atoms with Crippen molar-refractivity contribution in [1.29, 1.82) is 0 Å². The third-order valence-electron chi connectivity index (χ3n) is 5.67. The van der Waals surface area contributed by atoms with Crippen LogP contribution in [0.1, 0.15) is 25.3 Å². The summed E-state index contributed by atoms with van der Waals surface area (Å²) in [5, 5.41) is 3.45. The summed E-state index contributed by atoms with van der Waals surface area (Å²) >= 11 is 0. The van der Waals surface area contributed by atoms with Crippen LogP contribution in [0.25, 0.3) is 0 Å². The number of benzene rings is 1. The molecular formula is C19H28F3IN4. The van der Waals surface area contributed by atoms with Crippen molar-refractivity contribution >= 4 is 29.9 Å². The minimum atomic E-state index is -4.17. The number of aliphatic imine (C=N–C) groups is 1. The second kappa shape index (κ2) is 8.98. The summed E-state index contributed by atoms with van der Waals surface area (Å²) in [6.45, 7) is 3.94. The molecule has 3 rings (SSSR count). The molecule has 1 heterocycles. The molecule has 4 nitrogen and oxygen atoms in total. The largest absolute Gasteiger partial charge is 0.403 e. The number of nitrogens with one attached hydrogen (secondary N) is 1. The van der Waals surface area contributed by atoms with E-state index in [1.54, 1.807) is 7.05 Å². The first-order valence-electron chi connectivity index (χ1n) is 9.18. The van der Waals surface area contributed by atoms with E-state index in [0.29, 0.717) is 26.2 Å². The van der Waals surface area contributed by atoms with Crippen LogP contribution in [-0.4, -0.2) is 67.7 Å². The monoisotopic (exact) mass is 496 g/mol. The lowest BCUT2D eigenvalue weighted by Crippen LogP contribution is -2.57. The fraction of sp³-hybridized carbons (Fsp3) is 0.632. The smallest absolute Gasteiger partial charge is 0.355 e. The maximum atomic E-state index is 12.9. The molecule has 0 radical (unpaired) electrons. The standard InChI is InChI=1S/C19H27F3N4.HI/c1-15(19(20,21)22)25-10-12-26(13-11-25)17(23-2)24-14-18(8-9-18)16-6-4-3-5-7-16;/h3-7,15H,8-14H2,1-2H3,(H,23,24);1H. The second-order valence-corrected chi connectivity index (χ2v) is 7.29. The molecule has 1 unspecified atom stereocenters. The summed E-state index contributed by atoms with van der Waals surface area (Å²) in [5.74, 6) is 0.784. The van der Waals surface area contributed by atoms with Crippen molar-refractivity contribution in [1.82, 2.24) is 15.1 Å². The average Bonchev–Trinajstić information content (AvgIpc) is 3.43. The zero-order chi connectivity index (χ0) is 18.8. The maximum Gasteiger partial charge on any atom is 0.403 e. The first kappa shape index (κ1) is 22.3. The Morgan fingerprint density at radius 3 is 2.22 bits per heavy atom. The van der Waals surface area contributed by atoms with Crippen LogP contribution >= 0.6 is 24.0 Å². The Bertz CT molecular complexity index is 624. The third kappa shape index (κ3) is 5.28. The fourth-order valence-electron chi connectivity index (χ4n) is 3.62. The van der Waals surface area contributed by atoms with Gasteiger partial charge in [-0.05, 0) is 25.3 Å². The van der Waals surface area contributed by atoms with Crippen LogP contribution < -0.4 is 5.32 Å². The predicted molar refractivity (Wildman–Crippen MR) is 113 cm³/mol. The molecule has 1 aliphatic heterocycles. The number of piperazine rings is 1. The van der Waals surface area contributed by atoms with Crippen molar-refractivity contribution in [3.63, 3.8) is 0 Å². The van der Waals surface area contributed by atoms with E-state index in [1.807, 2.05) is 6.07 Å². The normalized spacial score (nSPS) is 21.4. The molecule has 0 bridgehead atoms. The van der Waals surface area contributed by atoms with Crippen LogP contribution in [0.3, 0.4) is 0 Å². The van der Waals surface area contributed by atoms with Gasteiger partial charge in [0.15, 0.2) is 5.96 Å². The molecule has 0 amide bonds. The Labute approximate surface area is 176 Å². The highest BCUT2D eigenvalue weighted by Gasteiger charge is 2.44. The van der Waals surface area contributed by atoms with Gasteiger partial charge in [-0.3, -0.25) is 9.89 Å². The number of nitrogens with zero attached hydrogens (tertiary/aromatic N) is 3. The molecular weight excluding hydrogens is 468 g/mol. The van der Waals surface area contributed by atoms with Crippen LogP contribution in [0.15, 0.2) is 35.3 Å². The van der Waals surface area contributed by atoms with Crippen LogP contribution in [-0.2, 0) is 5.41 Å². The lowest BCUT2D eigenvalue weighted by atomic mass is 9.96. The van der Waals surface area contributed by atoms with Crippen LogP contribution in [0.2, 0.25) is 0 Å². The first-order chi connectivity index (χ1) is 12.4. The molecule has 1 aromatic carbocycles. The van der Waals surface area contributed by atoms with Crippen molar-refractivity contribution in [3.05, 3.63) is 35.9 Å². The van der Waals surface area contributed by atoms with Gasteiger partial charge < -0.3 is 10.2 Å². The van der Waals surface area contributed by atoms with Gasteiger partial charge in [0.05, 0.1) is 0 Å². The highest BCUT2D eigenvalue weighted by atomic mass is 127. The summed E-state index contributed by atoms with van der Waals surface area (Å²) in [6, 6.07) is 9.07. The Hall–Kier alpha value is -1.03. The van der Waals surface area contributed by atoms with Crippen LogP contribution in [0.5, 0.6) is 0 Å². The topological polar surface area (TPSA) is 30.9 Å². The molecule has 1 N–H and O–H groups in total. The summed E-state index contributed by atoms with van der Waals surface area (Å²) < 4.78 is 38.7. The number of guanidine groups is 1. The van der Waals surface area contributed by atoms with Gasteiger partial charge in [0.25, 0.3) is 0 Å². The second-order valence-electron chi connectivity index (χ2n) is 7.29. The number of hydrogen-bond donors (Lipinski definition) is 1.